The Kier molecular flexibility index (Phi) is 6.48. The smallest absolute Gasteiger partial charge is 0.242 e. The second-order valence-electron chi connectivity index (χ2n) is 6.11. The van der Waals surface area contributed by atoms with Gasteiger partial charge in [-0.05, 0) is 38.5 Å². The molecule has 0 aliphatic carbocycles. The molecule has 0 saturated heterocycles. The molecule has 0 aliphatic rings. The van der Waals surface area contributed by atoms with Gasteiger partial charge in [0.05, 0.1) is 16.3 Å². The van der Waals surface area contributed by atoms with E-state index in [4.69, 9.17) is 4.52 Å². The van der Waals surface area contributed by atoms with Gasteiger partial charge in [-0.2, -0.15) is 0 Å². The van der Waals surface area contributed by atoms with Crippen molar-refractivity contribution < 1.29 is 17.7 Å². The summed E-state index contributed by atoms with van der Waals surface area (Å²) in [6, 6.07) is 4.71. The van der Waals surface area contributed by atoms with Crippen molar-refractivity contribution in [3.8, 4) is 0 Å². The van der Waals surface area contributed by atoms with Crippen LogP contribution in [-0.4, -0.2) is 43.6 Å². The summed E-state index contributed by atoms with van der Waals surface area (Å²) in [5, 5.41) is 6.68. The maximum absolute atomic E-state index is 12.2. The highest BCUT2D eigenvalue weighted by Crippen LogP contribution is 2.23. The molecule has 0 fully saturated rings. The van der Waals surface area contributed by atoms with Crippen molar-refractivity contribution >= 4 is 33.4 Å². The van der Waals surface area contributed by atoms with Crippen molar-refractivity contribution in [2.75, 3.05) is 25.2 Å². The van der Waals surface area contributed by atoms with Crippen LogP contribution in [0.1, 0.15) is 22.6 Å². The largest absolute Gasteiger partial charge is 0.361 e. The summed E-state index contributed by atoms with van der Waals surface area (Å²) in [4.78, 5) is 12.4. The minimum atomic E-state index is -3.55. The van der Waals surface area contributed by atoms with Gasteiger partial charge in [0.25, 0.3) is 0 Å². The van der Waals surface area contributed by atoms with Crippen LogP contribution in [0.3, 0.4) is 0 Å². The maximum atomic E-state index is 12.2. The van der Waals surface area contributed by atoms with Gasteiger partial charge in [-0.25, -0.2) is 12.7 Å². The number of rotatable bonds is 7. The number of sulfonamides is 1. The first-order valence-corrected chi connectivity index (χ1v) is 10.5. The average molecular weight is 398 g/mol. The van der Waals surface area contributed by atoms with E-state index in [9.17, 15) is 13.2 Å². The van der Waals surface area contributed by atoms with Crippen LogP contribution in [0.25, 0.3) is 0 Å². The second kappa shape index (κ2) is 8.24. The number of thioether (sulfide) groups is 1. The molecule has 1 amide bonds. The molecule has 0 bridgehead atoms. The van der Waals surface area contributed by atoms with E-state index in [0.29, 0.717) is 11.4 Å². The van der Waals surface area contributed by atoms with Gasteiger partial charge in [0.1, 0.15) is 5.76 Å². The lowest BCUT2D eigenvalue weighted by molar-refractivity contribution is -0.113. The van der Waals surface area contributed by atoms with Gasteiger partial charge in [0.2, 0.25) is 15.9 Å². The lowest BCUT2D eigenvalue weighted by atomic mass is 10.2. The van der Waals surface area contributed by atoms with Crippen LogP contribution < -0.4 is 5.32 Å². The molecule has 0 saturated carbocycles. The van der Waals surface area contributed by atoms with Crippen LogP contribution in [0.4, 0.5) is 5.69 Å². The van der Waals surface area contributed by atoms with E-state index < -0.39 is 10.0 Å². The number of anilines is 1. The molecule has 2 rings (SSSR count). The molecule has 1 heterocycles. The molecule has 0 spiro atoms. The average Bonchev–Trinajstić information content (AvgIpc) is 2.88. The summed E-state index contributed by atoms with van der Waals surface area (Å²) in [5.74, 6) is 1.44. The molecule has 142 valence electrons. The Morgan fingerprint density at radius 2 is 1.96 bits per heavy atom. The lowest BCUT2D eigenvalue weighted by Crippen LogP contribution is -2.22. The van der Waals surface area contributed by atoms with Crippen molar-refractivity contribution in [1.29, 1.82) is 0 Å². The Bertz CT molecular complexity index is 885. The number of aromatic nitrogens is 1. The highest BCUT2D eigenvalue weighted by atomic mass is 32.2. The summed E-state index contributed by atoms with van der Waals surface area (Å²) in [6.07, 6.45) is 0. The molecule has 9 heteroatoms. The highest BCUT2D eigenvalue weighted by Gasteiger charge is 2.19. The van der Waals surface area contributed by atoms with Gasteiger partial charge in [-0.15, -0.1) is 11.8 Å². The molecule has 7 nitrogen and oxygen atoms in total. The summed E-state index contributed by atoms with van der Waals surface area (Å²) >= 11 is 1.45. The predicted octanol–water partition coefficient (Wildman–Crippen LogP) is 2.72. The van der Waals surface area contributed by atoms with Gasteiger partial charge in [0, 0.05) is 31.1 Å². The second-order valence-corrected chi connectivity index (χ2v) is 9.25. The number of nitrogens with one attached hydrogen (secondary N) is 1. The number of aryl methyl sites for hydroxylation is 3. The molecule has 2 aromatic rings. The van der Waals surface area contributed by atoms with Gasteiger partial charge in [-0.3, -0.25) is 4.79 Å². The topological polar surface area (TPSA) is 92.5 Å². The van der Waals surface area contributed by atoms with Crippen molar-refractivity contribution in [2.24, 2.45) is 0 Å². The first kappa shape index (κ1) is 20.5. The van der Waals surface area contributed by atoms with E-state index in [2.05, 4.69) is 10.5 Å². The number of hydrogen-bond acceptors (Lipinski definition) is 6. The van der Waals surface area contributed by atoms with E-state index in [0.717, 1.165) is 26.9 Å². The van der Waals surface area contributed by atoms with Crippen LogP contribution >= 0.6 is 11.8 Å². The fraction of sp³-hybridized carbons (Fsp3) is 0.412. The summed E-state index contributed by atoms with van der Waals surface area (Å²) in [6.45, 7) is 5.53. The Morgan fingerprint density at radius 3 is 2.54 bits per heavy atom. The Labute approximate surface area is 158 Å². The van der Waals surface area contributed by atoms with Crippen LogP contribution in [-0.2, 0) is 20.6 Å². The van der Waals surface area contributed by atoms with Crippen LogP contribution in [0, 0.1) is 20.8 Å². The first-order valence-electron chi connectivity index (χ1n) is 7.95. The zero-order valence-electron chi connectivity index (χ0n) is 15.5. The number of hydrogen-bond donors (Lipinski definition) is 1. The van der Waals surface area contributed by atoms with Crippen molar-refractivity contribution in [3.63, 3.8) is 0 Å². The van der Waals surface area contributed by atoms with Crippen LogP contribution in [0.2, 0.25) is 0 Å². The van der Waals surface area contributed by atoms with Gasteiger partial charge < -0.3 is 9.84 Å². The Morgan fingerprint density at radius 1 is 1.27 bits per heavy atom. The minimum absolute atomic E-state index is 0.145. The number of carbonyl (C=O) groups excluding carboxylic acids is 1. The minimum Gasteiger partial charge on any atom is -0.361 e. The van der Waals surface area contributed by atoms with Gasteiger partial charge >= 0.3 is 0 Å². The van der Waals surface area contributed by atoms with E-state index in [-0.39, 0.29) is 16.6 Å². The van der Waals surface area contributed by atoms with Crippen molar-refractivity contribution in [3.05, 3.63) is 40.8 Å². The summed E-state index contributed by atoms with van der Waals surface area (Å²) in [5.41, 5.74) is 3.12. The van der Waals surface area contributed by atoms with Crippen LogP contribution in [0.5, 0.6) is 0 Å². The molecular formula is C17H23N3O4S2. The van der Waals surface area contributed by atoms with Crippen LogP contribution in [0.15, 0.2) is 27.6 Å². The molecule has 0 unspecified atom stereocenters. The Hall–Kier alpha value is -1.84. The van der Waals surface area contributed by atoms with E-state index >= 15 is 0 Å². The fourth-order valence-corrected chi connectivity index (χ4v) is 4.15. The third-order valence-corrected chi connectivity index (χ3v) is 6.69. The number of nitrogens with zero attached hydrogens (tertiary/aromatic N) is 2. The number of amides is 1. The molecular weight excluding hydrogens is 374 g/mol. The first-order chi connectivity index (χ1) is 12.1. The zero-order valence-corrected chi connectivity index (χ0v) is 17.1. The van der Waals surface area contributed by atoms with Gasteiger partial charge in [-0.1, -0.05) is 11.2 Å². The SMILES string of the molecule is Cc1ccc(S(=O)(=O)N(C)C)cc1NC(=O)CSCc1c(C)noc1C. The van der Waals surface area contributed by atoms with Crippen molar-refractivity contribution in [1.82, 2.24) is 9.46 Å². The quantitative estimate of drug-likeness (QED) is 0.772. The highest BCUT2D eigenvalue weighted by molar-refractivity contribution is 7.99. The number of carbonyl (C=O) groups is 1. The number of benzene rings is 1. The molecule has 1 aromatic heterocycles. The van der Waals surface area contributed by atoms with E-state index in [1.807, 2.05) is 20.8 Å². The van der Waals surface area contributed by atoms with E-state index in [1.54, 1.807) is 6.07 Å². The summed E-state index contributed by atoms with van der Waals surface area (Å²) < 4.78 is 30.7. The molecule has 1 aromatic carbocycles. The standard InChI is InChI=1S/C17H23N3O4S2/c1-11-6-7-14(26(22,23)20(4)5)8-16(11)18-17(21)10-25-9-15-12(2)19-24-13(15)3/h6-8H,9-10H2,1-5H3,(H,18,21). The maximum Gasteiger partial charge on any atom is 0.242 e. The predicted molar refractivity (Wildman–Crippen MR) is 103 cm³/mol. The zero-order chi connectivity index (χ0) is 19.5. The molecule has 26 heavy (non-hydrogen) atoms. The molecule has 1 N–H and O–H groups in total. The van der Waals surface area contributed by atoms with Crippen molar-refractivity contribution in [2.45, 2.75) is 31.4 Å². The van der Waals surface area contributed by atoms with Gasteiger partial charge in [0.15, 0.2) is 0 Å². The Balaban J connectivity index is 2.02. The fourth-order valence-electron chi connectivity index (χ4n) is 2.25. The monoisotopic (exact) mass is 397 g/mol. The molecule has 0 atom stereocenters. The normalized spacial score (nSPS) is 11.8. The third kappa shape index (κ3) is 4.66. The lowest BCUT2D eigenvalue weighted by Gasteiger charge is -2.14. The molecule has 0 radical (unpaired) electrons. The van der Waals surface area contributed by atoms with E-state index in [1.165, 1.54) is 38.0 Å². The summed E-state index contributed by atoms with van der Waals surface area (Å²) in [7, 11) is -0.607. The third-order valence-electron chi connectivity index (χ3n) is 3.92. The molecule has 0 aliphatic heterocycles.